The van der Waals surface area contributed by atoms with E-state index in [-0.39, 0.29) is 18.7 Å². The largest absolute Gasteiger partial charge is 0.483 e. The fourth-order valence-electron chi connectivity index (χ4n) is 2.39. The third-order valence-corrected chi connectivity index (χ3v) is 5.59. The van der Waals surface area contributed by atoms with Crippen molar-refractivity contribution in [1.29, 1.82) is 0 Å². The van der Waals surface area contributed by atoms with Crippen LogP contribution in [0.2, 0.25) is 0 Å². The van der Waals surface area contributed by atoms with Gasteiger partial charge >= 0.3 is 6.03 Å². The summed E-state index contributed by atoms with van der Waals surface area (Å²) in [6, 6.07) is 7.37. The molecule has 0 saturated carbocycles. The van der Waals surface area contributed by atoms with E-state index in [0.717, 1.165) is 3.57 Å². The van der Waals surface area contributed by atoms with E-state index < -0.39 is 6.23 Å². The number of aliphatic hydroxyl groups is 1. The number of aliphatic hydroxyl groups excluding tert-OH is 1. The summed E-state index contributed by atoms with van der Waals surface area (Å²) in [5.74, 6) is 1.11. The average Bonchev–Trinajstić information content (AvgIpc) is 3.14. The predicted octanol–water partition coefficient (Wildman–Crippen LogP) is 3.08. The topological polar surface area (TPSA) is 78.8 Å². The zero-order chi connectivity index (χ0) is 18.0. The fourth-order valence-corrected chi connectivity index (χ4v) is 3.89. The summed E-state index contributed by atoms with van der Waals surface area (Å²) in [6.07, 6.45) is -0.739. The number of β-amino-alcohol motifs (C(OH)–C–C–N with tert-alkyl or cyclic N) is 1. The Morgan fingerprint density at radius 2 is 2.16 bits per heavy atom. The molecule has 1 aromatic carbocycles. The molecule has 2 unspecified atom stereocenters. The van der Waals surface area contributed by atoms with Crippen LogP contribution in [-0.4, -0.2) is 51.9 Å². The summed E-state index contributed by atoms with van der Waals surface area (Å²) >= 11 is 9.35. The normalized spacial score (nSPS) is 18.7. The predicted molar refractivity (Wildman–Crippen MR) is 104 cm³/mol. The number of halogens is 2. The number of aromatic nitrogens is 2. The van der Waals surface area contributed by atoms with Gasteiger partial charge in [-0.2, -0.15) is 0 Å². The van der Waals surface area contributed by atoms with Crippen molar-refractivity contribution in [3.8, 4) is 5.75 Å². The molecule has 1 aromatic heterocycles. The minimum atomic E-state index is -0.929. The molecule has 2 amide bonds. The third kappa shape index (κ3) is 4.15. The van der Waals surface area contributed by atoms with E-state index in [0.29, 0.717) is 28.2 Å². The Hall–Kier alpha value is -1.17. The lowest BCUT2D eigenvalue weighted by Crippen LogP contribution is -2.34. The van der Waals surface area contributed by atoms with Gasteiger partial charge in [-0.25, -0.2) is 9.69 Å². The van der Waals surface area contributed by atoms with Crippen LogP contribution in [0, 0.1) is 3.57 Å². The van der Waals surface area contributed by atoms with Crippen LogP contribution in [0.4, 0.5) is 9.93 Å². The Morgan fingerprint density at radius 1 is 1.44 bits per heavy atom. The molecule has 10 heteroatoms. The quantitative estimate of drug-likeness (QED) is 0.493. The first kappa shape index (κ1) is 18.6. The average molecular weight is 495 g/mol. The number of rotatable bonds is 6. The van der Waals surface area contributed by atoms with Crippen LogP contribution in [-0.2, 0) is 0 Å². The molecule has 2 aromatic rings. The molecule has 0 spiro atoms. The van der Waals surface area contributed by atoms with Gasteiger partial charge < -0.3 is 14.7 Å². The van der Waals surface area contributed by atoms with Gasteiger partial charge in [0.2, 0.25) is 5.13 Å². The molecule has 1 aliphatic heterocycles. The first-order chi connectivity index (χ1) is 12.0. The molecule has 2 heterocycles. The second kappa shape index (κ2) is 8.02. The van der Waals surface area contributed by atoms with E-state index >= 15 is 0 Å². The molecule has 0 bridgehead atoms. The lowest BCUT2D eigenvalue weighted by atomic mass is 10.3. The standard InChI is InChI=1S/C15H16ClIN4O3S/c1-20-8-12(22)21(15(20)23)14-19-18-13(25-14)11(6-7-16)24-10-4-2-9(17)3-5-10/h2-5,11-12,22H,6-8H2,1H3. The molecule has 2 atom stereocenters. The summed E-state index contributed by atoms with van der Waals surface area (Å²) in [4.78, 5) is 14.8. The van der Waals surface area contributed by atoms with E-state index in [2.05, 4.69) is 32.8 Å². The summed E-state index contributed by atoms with van der Waals surface area (Å²) < 4.78 is 7.10. The number of nitrogens with zero attached hydrogens (tertiary/aromatic N) is 4. The molecule has 1 aliphatic rings. The number of ether oxygens (including phenoxy) is 1. The van der Waals surface area contributed by atoms with Crippen molar-refractivity contribution in [2.24, 2.45) is 0 Å². The number of urea groups is 1. The Kier molecular flexibility index (Phi) is 5.97. The highest BCUT2D eigenvalue weighted by Crippen LogP contribution is 2.33. The Labute approximate surface area is 167 Å². The van der Waals surface area contributed by atoms with Gasteiger partial charge in [-0.05, 0) is 46.9 Å². The summed E-state index contributed by atoms with van der Waals surface area (Å²) in [7, 11) is 1.63. The van der Waals surface area contributed by atoms with Crippen molar-refractivity contribution >= 4 is 56.7 Å². The van der Waals surface area contributed by atoms with Crippen molar-refractivity contribution in [2.75, 3.05) is 24.4 Å². The van der Waals surface area contributed by atoms with Gasteiger partial charge in [-0.3, -0.25) is 0 Å². The van der Waals surface area contributed by atoms with Gasteiger partial charge in [0.1, 0.15) is 5.75 Å². The van der Waals surface area contributed by atoms with E-state index in [1.165, 1.54) is 21.1 Å². The third-order valence-electron chi connectivity index (χ3n) is 3.64. The van der Waals surface area contributed by atoms with Gasteiger partial charge in [0.25, 0.3) is 0 Å². The number of hydrogen-bond donors (Lipinski definition) is 1. The van der Waals surface area contributed by atoms with Crippen LogP contribution >= 0.6 is 45.5 Å². The van der Waals surface area contributed by atoms with Crippen LogP contribution in [0.25, 0.3) is 0 Å². The fraction of sp³-hybridized carbons (Fsp3) is 0.400. The van der Waals surface area contributed by atoms with Gasteiger partial charge in [-0.1, -0.05) is 11.3 Å². The van der Waals surface area contributed by atoms with Crippen LogP contribution in [0.5, 0.6) is 5.75 Å². The summed E-state index contributed by atoms with van der Waals surface area (Å²) in [5, 5.41) is 19.2. The number of anilines is 1. The van der Waals surface area contributed by atoms with Crippen LogP contribution in [0.15, 0.2) is 24.3 Å². The molecule has 1 saturated heterocycles. The first-order valence-corrected chi connectivity index (χ1v) is 9.96. The van der Waals surface area contributed by atoms with Gasteiger partial charge in [0, 0.05) is 22.9 Å². The van der Waals surface area contributed by atoms with Crippen molar-refractivity contribution < 1.29 is 14.6 Å². The lowest BCUT2D eigenvalue weighted by Gasteiger charge is -2.16. The second-order valence-electron chi connectivity index (χ2n) is 5.47. The van der Waals surface area contributed by atoms with Gasteiger partial charge in [0.15, 0.2) is 17.3 Å². The van der Waals surface area contributed by atoms with Gasteiger partial charge in [-0.15, -0.1) is 21.8 Å². The Balaban J connectivity index is 1.80. The molecule has 3 rings (SSSR count). The number of amides is 2. The molecule has 0 aliphatic carbocycles. The van der Waals surface area contributed by atoms with E-state index in [9.17, 15) is 9.90 Å². The van der Waals surface area contributed by atoms with E-state index in [1.807, 2.05) is 24.3 Å². The number of benzene rings is 1. The summed E-state index contributed by atoms with van der Waals surface area (Å²) in [6.45, 7) is 0.234. The van der Waals surface area contributed by atoms with Gasteiger partial charge in [0.05, 0.1) is 6.54 Å². The van der Waals surface area contributed by atoms with Crippen LogP contribution in [0.3, 0.4) is 0 Å². The van der Waals surface area contributed by atoms with Crippen molar-refractivity contribution in [1.82, 2.24) is 15.1 Å². The number of carbonyl (C=O) groups is 1. The number of hydrogen-bond acceptors (Lipinski definition) is 6. The monoisotopic (exact) mass is 494 g/mol. The molecule has 25 heavy (non-hydrogen) atoms. The number of carbonyl (C=O) groups excluding carboxylic acids is 1. The minimum absolute atomic E-state index is 0.234. The number of likely N-dealkylation sites (N-methyl/N-ethyl adjacent to an activating group) is 1. The maximum Gasteiger partial charge on any atom is 0.328 e. The Bertz CT molecular complexity index is 745. The molecule has 0 radical (unpaired) electrons. The zero-order valence-corrected chi connectivity index (χ0v) is 17.0. The molecule has 134 valence electrons. The Morgan fingerprint density at radius 3 is 2.76 bits per heavy atom. The molecular weight excluding hydrogens is 479 g/mol. The molecule has 7 nitrogen and oxygen atoms in total. The molecule has 1 fully saturated rings. The highest BCUT2D eigenvalue weighted by Gasteiger charge is 2.37. The van der Waals surface area contributed by atoms with E-state index in [1.54, 1.807) is 7.05 Å². The maximum absolute atomic E-state index is 12.1. The maximum atomic E-state index is 12.1. The SMILES string of the molecule is CN1CC(O)N(c2nnc(C(CCCl)Oc3ccc(I)cc3)s2)C1=O. The van der Waals surface area contributed by atoms with E-state index in [4.69, 9.17) is 16.3 Å². The van der Waals surface area contributed by atoms with Crippen molar-refractivity contribution in [3.05, 3.63) is 32.8 Å². The van der Waals surface area contributed by atoms with Crippen LogP contribution in [0.1, 0.15) is 17.5 Å². The lowest BCUT2D eigenvalue weighted by molar-refractivity contribution is 0.183. The molecule has 1 N–H and O–H groups in total. The first-order valence-electron chi connectivity index (χ1n) is 7.53. The highest BCUT2D eigenvalue weighted by molar-refractivity contribution is 14.1. The summed E-state index contributed by atoms with van der Waals surface area (Å²) in [5.41, 5.74) is 0. The highest BCUT2D eigenvalue weighted by atomic mass is 127. The number of alkyl halides is 1. The van der Waals surface area contributed by atoms with Crippen molar-refractivity contribution in [3.63, 3.8) is 0 Å². The van der Waals surface area contributed by atoms with Crippen LogP contribution < -0.4 is 9.64 Å². The smallest absolute Gasteiger partial charge is 0.328 e. The molecular formula is C15H16ClIN4O3S. The second-order valence-corrected chi connectivity index (χ2v) is 8.09. The minimum Gasteiger partial charge on any atom is -0.483 e. The zero-order valence-electron chi connectivity index (χ0n) is 13.3. The van der Waals surface area contributed by atoms with Crippen molar-refractivity contribution in [2.45, 2.75) is 18.8 Å².